The van der Waals surface area contributed by atoms with Gasteiger partial charge in [0.15, 0.2) is 0 Å². The van der Waals surface area contributed by atoms with E-state index >= 15 is 0 Å². The van der Waals surface area contributed by atoms with Crippen molar-refractivity contribution in [3.05, 3.63) is 30.7 Å². The highest BCUT2D eigenvalue weighted by Gasteiger charge is 2.08. The second-order valence-electron chi connectivity index (χ2n) is 1.98. The molecule has 0 atom stereocenters. The molecule has 1 aromatic rings. The van der Waals surface area contributed by atoms with Gasteiger partial charge in [0.1, 0.15) is 5.82 Å². The van der Waals surface area contributed by atoms with E-state index in [9.17, 15) is 4.39 Å². The Morgan fingerprint density at radius 1 is 1.27 bits per heavy atom. The highest BCUT2D eigenvalue weighted by molar-refractivity contribution is 14.1. The lowest BCUT2D eigenvalue weighted by atomic mass is 10.2. The molecule has 0 aliphatic rings. The van der Waals surface area contributed by atoms with Gasteiger partial charge in [-0.25, -0.2) is 4.39 Å². The van der Waals surface area contributed by atoms with Crippen molar-refractivity contribution in [3.8, 4) is 0 Å². The Hall–Kier alpha value is 0.570. The van der Waals surface area contributed by atoms with Crippen LogP contribution in [0.25, 0.3) is 0 Å². The fourth-order valence-corrected chi connectivity index (χ4v) is 1.81. The lowest BCUT2D eigenvalue weighted by Gasteiger charge is -2.03. The van der Waals surface area contributed by atoms with Gasteiger partial charge in [-0.15, -0.1) is 0 Å². The van der Waals surface area contributed by atoms with E-state index < -0.39 is 0 Å². The highest BCUT2D eigenvalue weighted by Crippen LogP contribution is 2.20. The third kappa shape index (κ3) is 2.03. The van der Waals surface area contributed by atoms with Crippen LogP contribution < -0.4 is 0 Å². The smallest absolute Gasteiger partial charge is 0.143 e. The molecular formula is C7H5FI2O. The zero-order chi connectivity index (χ0) is 8.43. The monoisotopic (exact) mass is 378 g/mol. The molecule has 1 nitrogen and oxygen atoms in total. The van der Waals surface area contributed by atoms with Crippen LogP contribution in [0.1, 0.15) is 5.56 Å². The van der Waals surface area contributed by atoms with Gasteiger partial charge in [-0.3, -0.25) is 0 Å². The van der Waals surface area contributed by atoms with E-state index in [1.165, 1.54) is 0 Å². The second-order valence-corrected chi connectivity index (χ2v) is 4.30. The predicted octanol–water partition coefficient (Wildman–Crippen LogP) is 2.53. The lowest BCUT2D eigenvalue weighted by molar-refractivity contribution is 0.274. The Kier molecular flexibility index (Phi) is 3.51. The number of benzene rings is 1. The quantitative estimate of drug-likeness (QED) is 0.589. The van der Waals surface area contributed by atoms with Gasteiger partial charge in [-0.05, 0) is 57.3 Å². The van der Waals surface area contributed by atoms with Crippen LogP contribution in [-0.4, -0.2) is 5.11 Å². The molecule has 60 valence electrons. The molecule has 0 aliphatic heterocycles. The molecule has 0 radical (unpaired) electrons. The molecule has 0 fully saturated rings. The SMILES string of the molecule is OCc1c(I)ccc(I)c1F. The predicted molar refractivity (Wildman–Crippen MR) is 57.8 cm³/mol. The van der Waals surface area contributed by atoms with Gasteiger partial charge < -0.3 is 5.11 Å². The van der Waals surface area contributed by atoms with Gasteiger partial charge >= 0.3 is 0 Å². The van der Waals surface area contributed by atoms with Crippen molar-refractivity contribution < 1.29 is 9.50 Å². The van der Waals surface area contributed by atoms with E-state index in [1.54, 1.807) is 12.1 Å². The molecule has 0 amide bonds. The van der Waals surface area contributed by atoms with Crippen molar-refractivity contribution in [2.24, 2.45) is 0 Å². The third-order valence-corrected chi connectivity index (χ3v) is 3.14. The molecule has 1 N–H and O–H groups in total. The van der Waals surface area contributed by atoms with Crippen molar-refractivity contribution in [1.82, 2.24) is 0 Å². The van der Waals surface area contributed by atoms with E-state index in [-0.39, 0.29) is 12.4 Å². The molecule has 11 heavy (non-hydrogen) atoms. The zero-order valence-electron chi connectivity index (χ0n) is 5.44. The van der Waals surface area contributed by atoms with Gasteiger partial charge in [0.2, 0.25) is 0 Å². The van der Waals surface area contributed by atoms with Crippen LogP contribution in [0.2, 0.25) is 0 Å². The van der Waals surface area contributed by atoms with Crippen LogP contribution >= 0.6 is 45.2 Å². The molecule has 0 unspecified atom stereocenters. The number of aliphatic hydroxyl groups is 1. The first-order valence-electron chi connectivity index (χ1n) is 2.90. The van der Waals surface area contributed by atoms with Gasteiger partial charge in [-0.1, -0.05) is 0 Å². The van der Waals surface area contributed by atoms with E-state index in [4.69, 9.17) is 5.11 Å². The van der Waals surface area contributed by atoms with Crippen molar-refractivity contribution in [2.45, 2.75) is 6.61 Å². The summed E-state index contributed by atoms with van der Waals surface area (Å²) in [6.45, 7) is -0.235. The molecule has 0 aliphatic carbocycles. The largest absolute Gasteiger partial charge is 0.392 e. The van der Waals surface area contributed by atoms with Gasteiger partial charge in [0.25, 0.3) is 0 Å². The Morgan fingerprint density at radius 3 is 2.27 bits per heavy atom. The molecule has 0 saturated heterocycles. The summed E-state index contributed by atoms with van der Waals surface area (Å²) in [7, 11) is 0. The summed E-state index contributed by atoms with van der Waals surface area (Å²) in [6.07, 6.45) is 0. The Balaban J connectivity index is 3.29. The second kappa shape index (κ2) is 3.99. The zero-order valence-corrected chi connectivity index (χ0v) is 9.76. The standard InChI is InChI=1S/C7H5FI2O/c8-7-4(3-11)5(9)1-2-6(7)10/h1-2,11H,3H2. The fourth-order valence-electron chi connectivity index (χ4n) is 0.714. The topological polar surface area (TPSA) is 20.2 Å². The van der Waals surface area contributed by atoms with Crippen LogP contribution in [0.3, 0.4) is 0 Å². The minimum absolute atomic E-state index is 0.235. The summed E-state index contributed by atoms with van der Waals surface area (Å²) in [5, 5.41) is 8.78. The first kappa shape index (κ1) is 9.66. The molecule has 1 aromatic carbocycles. The summed E-state index contributed by atoms with van der Waals surface area (Å²) in [5.41, 5.74) is 0.387. The van der Waals surface area contributed by atoms with Gasteiger partial charge in [0.05, 0.1) is 6.61 Å². The summed E-state index contributed by atoms with van der Waals surface area (Å²) >= 11 is 3.90. The maximum absolute atomic E-state index is 13.1. The number of rotatable bonds is 1. The van der Waals surface area contributed by atoms with E-state index in [0.717, 1.165) is 3.57 Å². The first-order chi connectivity index (χ1) is 5.16. The minimum atomic E-state index is -0.306. The van der Waals surface area contributed by atoms with Crippen LogP contribution in [-0.2, 0) is 6.61 Å². The third-order valence-electron chi connectivity index (χ3n) is 1.30. The minimum Gasteiger partial charge on any atom is -0.392 e. The van der Waals surface area contributed by atoms with Crippen molar-refractivity contribution in [1.29, 1.82) is 0 Å². The normalized spacial score (nSPS) is 10.2. The molecule has 0 aromatic heterocycles. The maximum atomic E-state index is 13.1. The Bertz CT molecular complexity index is 275. The molecule has 0 spiro atoms. The van der Waals surface area contributed by atoms with Gasteiger partial charge in [-0.2, -0.15) is 0 Å². The summed E-state index contributed by atoms with van der Waals surface area (Å²) in [4.78, 5) is 0. The molecular weight excluding hydrogens is 373 g/mol. The van der Waals surface area contributed by atoms with Crippen LogP contribution in [0, 0.1) is 13.0 Å². The van der Waals surface area contributed by atoms with Crippen molar-refractivity contribution in [2.75, 3.05) is 0 Å². The number of hydrogen-bond donors (Lipinski definition) is 1. The van der Waals surface area contributed by atoms with E-state index in [0.29, 0.717) is 9.13 Å². The number of hydrogen-bond acceptors (Lipinski definition) is 1. The van der Waals surface area contributed by atoms with Gasteiger partial charge in [0, 0.05) is 12.7 Å². The maximum Gasteiger partial charge on any atom is 0.143 e. The van der Waals surface area contributed by atoms with Crippen molar-refractivity contribution in [3.63, 3.8) is 0 Å². The number of aliphatic hydroxyl groups excluding tert-OH is 1. The molecule has 1 rings (SSSR count). The molecule has 0 heterocycles. The summed E-state index contributed by atoms with van der Waals surface area (Å²) in [6, 6.07) is 3.48. The van der Waals surface area contributed by atoms with Crippen molar-refractivity contribution >= 4 is 45.2 Å². The number of halogens is 3. The van der Waals surface area contributed by atoms with Crippen LogP contribution in [0.5, 0.6) is 0 Å². The molecule has 0 bridgehead atoms. The molecule has 0 saturated carbocycles. The van der Waals surface area contributed by atoms with E-state index in [2.05, 4.69) is 0 Å². The highest BCUT2D eigenvalue weighted by atomic mass is 127. The van der Waals surface area contributed by atoms with E-state index in [1.807, 2.05) is 45.2 Å². The average molecular weight is 378 g/mol. The lowest BCUT2D eigenvalue weighted by Crippen LogP contribution is -1.96. The average Bonchev–Trinajstić information content (AvgIpc) is 1.99. The Morgan fingerprint density at radius 2 is 1.82 bits per heavy atom. The first-order valence-corrected chi connectivity index (χ1v) is 5.05. The van der Waals surface area contributed by atoms with Crippen LogP contribution in [0.15, 0.2) is 12.1 Å². The van der Waals surface area contributed by atoms with Crippen LogP contribution in [0.4, 0.5) is 4.39 Å². The fraction of sp³-hybridized carbons (Fsp3) is 0.143. The summed E-state index contributed by atoms with van der Waals surface area (Å²) in [5.74, 6) is -0.306. The summed E-state index contributed by atoms with van der Waals surface area (Å²) < 4.78 is 14.4. The Labute approximate surface area is 91.3 Å². The molecule has 4 heteroatoms.